The third-order valence-corrected chi connectivity index (χ3v) is 3.11. The number of epoxide rings is 1. The number of benzene rings is 1. The molecule has 0 bridgehead atoms. The lowest BCUT2D eigenvalue weighted by molar-refractivity contribution is 0.0476. The standard InChI is InChI=1S/C14H18O3/c1-3-10(2)11-5-4-6-12(7-11)14(15)17-9-13-8-16-13/h4-7,10,13H,3,8-9H2,1-2H3. The molecule has 92 valence electrons. The Balaban J connectivity index is 2.00. The molecule has 0 amide bonds. The average Bonchev–Trinajstić information content (AvgIpc) is 3.19. The maximum atomic E-state index is 11.8. The van der Waals surface area contributed by atoms with Crippen LogP contribution in [-0.4, -0.2) is 25.3 Å². The van der Waals surface area contributed by atoms with E-state index >= 15 is 0 Å². The summed E-state index contributed by atoms with van der Waals surface area (Å²) in [5, 5.41) is 0. The van der Waals surface area contributed by atoms with Crippen molar-refractivity contribution in [1.29, 1.82) is 0 Å². The molecule has 2 unspecified atom stereocenters. The molecule has 2 atom stereocenters. The first kappa shape index (κ1) is 12.1. The molecule has 0 spiro atoms. The fourth-order valence-electron chi connectivity index (χ4n) is 1.62. The van der Waals surface area contributed by atoms with Crippen LogP contribution < -0.4 is 0 Å². The number of rotatable bonds is 5. The zero-order chi connectivity index (χ0) is 12.3. The van der Waals surface area contributed by atoms with Crippen LogP contribution >= 0.6 is 0 Å². The largest absolute Gasteiger partial charge is 0.459 e. The highest BCUT2D eigenvalue weighted by Gasteiger charge is 2.24. The topological polar surface area (TPSA) is 38.8 Å². The van der Waals surface area contributed by atoms with E-state index in [2.05, 4.69) is 19.9 Å². The molecule has 0 aromatic heterocycles. The van der Waals surface area contributed by atoms with Crippen LogP contribution in [0.2, 0.25) is 0 Å². The lowest BCUT2D eigenvalue weighted by Gasteiger charge is -2.10. The molecule has 1 aromatic rings. The molecule has 3 nitrogen and oxygen atoms in total. The van der Waals surface area contributed by atoms with Crippen LogP contribution in [0, 0.1) is 0 Å². The van der Waals surface area contributed by atoms with Gasteiger partial charge in [0.15, 0.2) is 0 Å². The highest BCUT2D eigenvalue weighted by Crippen LogP contribution is 2.20. The van der Waals surface area contributed by atoms with Gasteiger partial charge in [0.25, 0.3) is 0 Å². The molecule has 1 fully saturated rings. The number of hydrogen-bond acceptors (Lipinski definition) is 3. The van der Waals surface area contributed by atoms with Crippen LogP contribution in [0.15, 0.2) is 24.3 Å². The first-order valence-electron chi connectivity index (χ1n) is 6.09. The van der Waals surface area contributed by atoms with Gasteiger partial charge >= 0.3 is 5.97 Å². The quantitative estimate of drug-likeness (QED) is 0.581. The van der Waals surface area contributed by atoms with E-state index in [9.17, 15) is 4.79 Å². The van der Waals surface area contributed by atoms with Crippen LogP contribution in [0.25, 0.3) is 0 Å². The minimum Gasteiger partial charge on any atom is -0.459 e. The number of hydrogen-bond donors (Lipinski definition) is 0. The van der Waals surface area contributed by atoms with Crippen molar-refractivity contribution in [3.63, 3.8) is 0 Å². The van der Waals surface area contributed by atoms with Gasteiger partial charge in [0.05, 0.1) is 12.2 Å². The van der Waals surface area contributed by atoms with Crippen molar-refractivity contribution in [3.8, 4) is 0 Å². The Morgan fingerprint density at radius 2 is 2.35 bits per heavy atom. The molecule has 2 rings (SSSR count). The summed E-state index contributed by atoms with van der Waals surface area (Å²) in [5.74, 6) is 0.208. The second-order valence-electron chi connectivity index (χ2n) is 4.49. The van der Waals surface area contributed by atoms with E-state index in [0.29, 0.717) is 24.7 Å². The summed E-state index contributed by atoms with van der Waals surface area (Å²) in [4.78, 5) is 11.8. The average molecular weight is 234 g/mol. The van der Waals surface area contributed by atoms with E-state index in [1.165, 1.54) is 5.56 Å². The Bertz CT molecular complexity index is 396. The Morgan fingerprint density at radius 1 is 1.59 bits per heavy atom. The number of carbonyl (C=O) groups is 1. The van der Waals surface area contributed by atoms with Gasteiger partial charge in [-0.15, -0.1) is 0 Å². The normalized spacial score (nSPS) is 19.8. The van der Waals surface area contributed by atoms with Gasteiger partial charge in [-0.3, -0.25) is 0 Å². The van der Waals surface area contributed by atoms with Gasteiger partial charge in [-0.2, -0.15) is 0 Å². The Kier molecular flexibility index (Phi) is 3.79. The summed E-state index contributed by atoms with van der Waals surface area (Å²) in [6.07, 6.45) is 1.19. The minimum absolute atomic E-state index is 0.122. The maximum Gasteiger partial charge on any atom is 0.338 e. The third kappa shape index (κ3) is 3.30. The summed E-state index contributed by atoms with van der Waals surface area (Å²) >= 11 is 0. The molecule has 1 saturated heterocycles. The zero-order valence-corrected chi connectivity index (χ0v) is 10.3. The van der Waals surface area contributed by atoms with Crippen LogP contribution in [0.1, 0.15) is 42.1 Å². The molecular weight excluding hydrogens is 216 g/mol. The van der Waals surface area contributed by atoms with Crippen LogP contribution in [-0.2, 0) is 9.47 Å². The van der Waals surface area contributed by atoms with Crippen LogP contribution in [0.3, 0.4) is 0 Å². The van der Waals surface area contributed by atoms with Crippen molar-refractivity contribution in [1.82, 2.24) is 0 Å². The lowest BCUT2D eigenvalue weighted by atomic mass is 9.97. The van der Waals surface area contributed by atoms with E-state index < -0.39 is 0 Å². The van der Waals surface area contributed by atoms with Gasteiger partial charge in [-0.1, -0.05) is 26.0 Å². The smallest absolute Gasteiger partial charge is 0.338 e. The van der Waals surface area contributed by atoms with Crippen molar-refractivity contribution in [2.75, 3.05) is 13.2 Å². The molecule has 1 aromatic carbocycles. The number of ether oxygens (including phenoxy) is 2. The van der Waals surface area contributed by atoms with Gasteiger partial charge in [0, 0.05) is 0 Å². The second kappa shape index (κ2) is 5.32. The molecule has 3 heteroatoms. The summed E-state index contributed by atoms with van der Waals surface area (Å²) < 4.78 is 10.2. The molecule has 0 N–H and O–H groups in total. The molecule has 0 radical (unpaired) electrons. The van der Waals surface area contributed by atoms with E-state index in [1.54, 1.807) is 6.07 Å². The summed E-state index contributed by atoms with van der Waals surface area (Å²) in [7, 11) is 0. The zero-order valence-electron chi connectivity index (χ0n) is 10.3. The van der Waals surface area contributed by atoms with Gasteiger partial charge in [0.1, 0.15) is 12.7 Å². The fourth-order valence-corrected chi connectivity index (χ4v) is 1.62. The number of carbonyl (C=O) groups excluding carboxylic acids is 1. The van der Waals surface area contributed by atoms with Crippen molar-refractivity contribution in [3.05, 3.63) is 35.4 Å². The predicted molar refractivity (Wildman–Crippen MR) is 65.2 cm³/mol. The van der Waals surface area contributed by atoms with Crippen molar-refractivity contribution < 1.29 is 14.3 Å². The third-order valence-electron chi connectivity index (χ3n) is 3.11. The SMILES string of the molecule is CCC(C)c1cccc(C(=O)OCC2CO2)c1. The Labute approximate surface area is 102 Å². The molecule has 1 heterocycles. The summed E-state index contributed by atoms with van der Waals surface area (Å²) in [5.41, 5.74) is 1.81. The summed E-state index contributed by atoms with van der Waals surface area (Å²) in [6.45, 7) is 5.37. The second-order valence-corrected chi connectivity index (χ2v) is 4.49. The molecule has 0 aliphatic carbocycles. The summed E-state index contributed by atoms with van der Waals surface area (Å²) in [6, 6.07) is 7.67. The predicted octanol–water partition coefficient (Wildman–Crippen LogP) is 2.76. The van der Waals surface area contributed by atoms with E-state index in [0.717, 1.165) is 6.42 Å². The van der Waals surface area contributed by atoms with Gasteiger partial charge in [-0.25, -0.2) is 4.79 Å². The lowest BCUT2D eigenvalue weighted by Crippen LogP contribution is -2.10. The molecule has 0 saturated carbocycles. The Hall–Kier alpha value is -1.35. The van der Waals surface area contributed by atoms with Crippen LogP contribution in [0.5, 0.6) is 0 Å². The van der Waals surface area contributed by atoms with Crippen molar-refractivity contribution >= 4 is 5.97 Å². The van der Waals surface area contributed by atoms with E-state index in [1.807, 2.05) is 12.1 Å². The fraction of sp³-hybridized carbons (Fsp3) is 0.500. The molecule has 1 aliphatic heterocycles. The van der Waals surface area contributed by atoms with Gasteiger partial charge in [-0.05, 0) is 30.0 Å². The first-order chi connectivity index (χ1) is 8.20. The molecule has 17 heavy (non-hydrogen) atoms. The first-order valence-corrected chi connectivity index (χ1v) is 6.09. The minimum atomic E-state index is -0.259. The monoisotopic (exact) mass is 234 g/mol. The van der Waals surface area contributed by atoms with E-state index in [-0.39, 0.29) is 12.1 Å². The molecular formula is C14H18O3. The maximum absolute atomic E-state index is 11.8. The van der Waals surface area contributed by atoms with Gasteiger partial charge < -0.3 is 9.47 Å². The van der Waals surface area contributed by atoms with Gasteiger partial charge in [0.2, 0.25) is 0 Å². The highest BCUT2D eigenvalue weighted by molar-refractivity contribution is 5.89. The van der Waals surface area contributed by atoms with E-state index in [4.69, 9.17) is 9.47 Å². The van der Waals surface area contributed by atoms with Crippen molar-refractivity contribution in [2.24, 2.45) is 0 Å². The van der Waals surface area contributed by atoms with Crippen molar-refractivity contribution in [2.45, 2.75) is 32.3 Å². The number of esters is 1. The van der Waals surface area contributed by atoms with Crippen LogP contribution in [0.4, 0.5) is 0 Å². The Morgan fingerprint density at radius 3 is 3.00 bits per heavy atom. The highest BCUT2D eigenvalue weighted by atomic mass is 16.6. The molecule has 1 aliphatic rings.